The fourth-order valence-corrected chi connectivity index (χ4v) is 3.62. The van der Waals surface area contributed by atoms with E-state index in [2.05, 4.69) is 40.9 Å². The normalized spacial score (nSPS) is 26.1. The number of hydrogen-bond donors (Lipinski definition) is 1. The highest BCUT2D eigenvalue weighted by atomic mass is 15.3. The molecular formula is C17H32N4. The van der Waals surface area contributed by atoms with Crippen molar-refractivity contribution in [3.8, 4) is 0 Å². The first-order chi connectivity index (χ1) is 10.2. The van der Waals surface area contributed by atoms with Crippen molar-refractivity contribution in [2.45, 2.75) is 65.8 Å². The summed E-state index contributed by atoms with van der Waals surface area (Å²) in [6.07, 6.45) is 9.26. The van der Waals surface area contributed by atoms with Crippen LogP contribution in [-0.4, -0.2) is 27.9 Å². The lowest BCUT2D eigenvalue weighted by molar-refractivity contribution is 0.180. The van der Waals surface area contributed by atoms with Crippen molar-refractivity contribution in [2.75, 3.05) is 13.1 Å². The highest BCUT2D eigenvalue weighted by Gasteiger charge is 2.29. The standard InChI is InChI=1S/C17H32N4/c1-4-8-18-12-15-7-6-14(3)10-16(15)11-17-19-13-20-21(17)9-5-2/h13-16,18H,4-12H2,1-3H3. The van der Waals surface area contributed by atoms with Crippen LogP contribution in [0, 0.1) is 17.8 Å². The first kappa shape index (κ1) is 16.5. The predicted molar refractivity (Wildman–Crippen MR) is 87.2 cm³/mol. The zero-order valence-electron chi connectivity index (χ0n) is 14.0. The average Bonchev–Trinajstić information content (AvgIpc) is 2.89. The molecule has 1 aromatic rings. The zero-order valence-corrected chi connectivity index (χ0v) is 14.0. The van der Waals surface area contributed by atoms with Gasteiger partial charge >= 0.3 is 0 Å². The third-order valence-electron chi connectivity index (χ3n) is 4.81. The topological polar surface area (TPSA) is 42.7 Å². The number of rotatable bonds is 8. The minimum absolute atomic E-state index is 0.762. The second-order valence-electron chi connectivity index (χ2n) is 6.75. The summed E-state index contributed by atoms with van der Waals surface area (Å²) >= 11 is 0. The molecule has 1 saturated carbocycles. The molecule has 1 N–H and O–H groups in total. The van der Waals surface area contributed by atoms with Gasteiger partial charge < -0.3 is 5.32 Å². The summed E-state index contributed by atoms with van der Waals surface area (Å²) in [4.78, 5) is 4.52. The number of aromatic nitrogens is 3. The molecule has 4 heteroatoms. The van der Waals surface area contributed by atoms with Crippen molar-refractivity contribution in [2.24, 2.45) is 17.8 Å². The molecule has 0 radical (unpaired) electrons. The minimum Gasteiger partial charge on any atom is -0.316 e. The van der Waals surface area contributed by atoms with Crippen LogP contribution >= 0.6 is 0 Å². The van der Waals surface area contributed by atoms with Gasteiger partial charge in [-0.2, -0.15) is 5.10 Å². The van der Waals surface area contributed by atoms with E-state index >= 15 is 0 Å². The van der Waals surface area contributed by atoms with Crippen molar-refractivity contribution in [1.82, 2.24) is 20.1 Å². The van der Waals surface area contributed by atoms with Gasteiger partial charge in [0.1, 0.15) is 12.2 Å². The van der Waals surface area contributed by atoms with E-state index in [4.69, 9.17) is 0 Å². The Balaban J connectivity index is 1.96. The number of aryl methyl sites for hydroxylation is 1. The van der Waals surface area contributed by atoms with Gasteiger partial charge in [0, 0.05) is 13.0 Å². The average molecular weight is 292 g/mol. The third-order valence-corrected chi connectivity index (χ3v) is 4.81. The van der Waals surface area contributed by atoms with Crippen LogP contribution in [0.5, 0.6) is 0 Å². The molecule has 0 spiro atoms. The van der Waals surface area contributed by atoms with Crippen LogP contribution in [0.4, 0.5) is 0 Å². The summed E-state index contributed by atoms with van der Waals surface area (Å²) in [6.45, 7) is 10.2. The minimum atomic E-state index is 0.762. The summed E-state index contributed by atoms with van der Waals surface area (Å²) in [6, 6.07) is 0. The summed E-state index contributed by atoms with van der Waals surface area (Å²) in [5.74, 6) is 3.62. The molecule has 1 fully saturated rings. The van der Waals surface area contributed by atoms with Crippen LogP contribution in [-0.2, 0) is 13.0 Å². The molecule has 0 bridgehead atoms. The van der Waals surface area contributed by atoms with E-state index in [1.54, 1.807) is 6.33 Å². The van der Waals surface area contributed by atoms with E-state index in [9.17, 15) is 0 Å². The molecule has 0 aromatic carbocycles. The van der Waals surface area contributed by atoms with Gasteiger partial charge in [0.15, 0.2) is 0 Å². The molecular weight excluding hydrogens is 260 g/mol. The lowest BCUT2D eigenvalue weighted by Crippen LogP contribution is -2.34. The molecule has 2 rings (SSSR count). The second kappa shape index (κ2) is 8.52. The maximum Gasteiger partial charge on any atom is 0.138 e. The van der Waals surface area contributed by atoms with E-state index in [1.807, 2.05) is 0 Å². The molecule has 1 heterocycles. The van der Waals surface area contributed by atoms with Crippen LogP contribution in [0.3, 0.4) is 0 Å². The van der Waals surface area contributed by atoms with Crippen LogP contribution in [0.2, 0.25) is 0 Å². The van der Waals surface area contributed by atoms with Crippen molar-refractivity contribution in [3.05, 3.63) is 12.2 Å². The fourth-order valence-electron chi connectivity index (χ4n) is 3.62. The quantitative estimate of drug-likeness (QED) is 0.748. The van der Waals surface area contributed by atoms with Crippen molar-refractivity contribution in [1.29, 1.82) is 0 Å². The molecule has 120 valence electrons. The Hall–Kier alpha value is -0.900. The van der Waals surface area contributed by atoms with Gasteiger partial charge in [-0.15, -0.1) is 0 Å². The molecule has 0 aliphatic heterocycles. The summed E-state index contributed by atoms with van der Waals surface area (Å²) < 4.78 is 2.11. The van der Waals surface area contributed by atoms with Crippen molar-refractivity contribution >= 4 is 0 Å². The summed E-state index contributed by atoms with van der Waals surface area (Å²) in [7, 11) is 0. The second-order valence-corrected chi connectivity index (χ2v) is 6.75. The van der Waals surface area contributed by atoms with Crippen molar-refractivity contribution < 1.29 is 0 Å². The smallest absolute Gasteiger partial charge is 0.138 e. The fraction of sp³-hybridized carbons (Fsp3) is 0.882. The number of hydrogen-bond acceptors (Lipinski definition) is 3. The summed E-state index contributed by atoms with van der Waals surface area (Å²) in [5, 5.41) is 8.01. The van der Waals surface area contributed by atoms with Gasteiger partial charge in [0.25, 0.3) is 0 Å². The molecule has 1 aliphatic carbocycles. The first-order valence-electron chi connectivity index (χ1n) is 8.81. The molecule has 3 atom stereocenters. The SMILES string of the molecule is CCCNCC1CCC(C)CC1Cc1ncnn1CCC. The van der Waals surface area contributed by atoms with E-state index in [-0.39, 0.29) is 0 Å². The molecule has 1 aromatic heterocycles. The molecule has 1 aliphatic rings. The van der Waals surface area contributed by atoms with Crippen LogP contribution in [0.15, 0.2) is 6.33 Å². The highest BCUT2D eigenvalue weighted by Crippen LogP contribution is 2.35. The lowest BCUT2D eigenvalue weighted by atomic mass is 9.73. The van der Waals surface area contributed by atoms with E-state index in [0.29, 0.717) is 0 Å². The monoisotopic (exact) mass is 292 g/mol. The number of nitrogens with zero attached hydrogens (tertiary/aromatic N) is 3. The van der Waals surface area contributed by atoms with Gasteiger partial charge in [-0.25, -0.2) is 4.98 Å². The zero-order chi connectivity index (χ0) is 15.1. The maximum atomic E-state index is 4.52. The Morgan fingerprint density at radius 2 is 2.10 bits per heavy atom. The molecule has 0 amide bonds. The molecule has 3 unspecified atom stereocenters. The molecule has 21 heavy (non-hydrogen) atoms. The van der Waals surface area contributed by atoms with Gasteiger partial charge in [-0.05, 0) is 56.5 Å². The van der Waals surface area contributed by atoms with Gasteiger partial charge in [-0.3, -0.25) is 4.68 Å². The van der Waals surface area contributed by atoms with E-state index in [0.717, 1.165) is 43.7 Å². The Bertz CT molecular complexity index is 401. The molecule has 4 nitrogen and oxygen atoms in total. The van der Waals surface area contributed by atoms with Crippen LogP contribution < -0.4 is 5.32 Å². The largest absolute Gasteiger partial charge is 0.316 e. The van der Waals surface area contributed by atoms with Crippen molar-refractivity contribution in [3.63, 3.8) is 0 Å². The Kier molecular flexibility index (Phi) is 6.68. The van der Waals surface area contributed by atoms with Crippen LogP contribution in [0.1, 0.15) is 58.7 Å². The maximum absolute atomic E-state index is 4.52. The number of nitrogens with one attached hydrogen (secondary N) is 1. The van der Waals surface area contributed by atoms with Gasteiger partial charge in [0.2, 0.25) is 0 Å². The van der Waals surface area contributed by atoms with E-state index < -0.39 is 0 Å². The Labute approximate surface area is 129 Å². The highest BCUT2D eigenvalue weighted by molar-refractivity contribution is 4.92. The predicted octanol–water partition coefficient (Wildman–Crippen LogP) is 3.28. The van der Waals surface area contributed by atoms with Gasteiger partial charge in [-0.1, -0.05) is 27.2 Å². The molecule has 0 saturated heterocycles. The first-order valence-corrected chi connectivity index (χ1v) is 8.81. The Morgan fingerprint density at radius 1 is 1.24 bits per heavy atom. The van der Waals surface area contributed by atoms with Gasteiger partial charge in [0.05, 0.1) is 0 Å². The van der Waals surface area contributed by atoms with Crippen LogP contribution in [0.25, 0.3) is 0 Å². The van der Waals surface area contributed by atoms with E-state index in [1.165, 1.54) is 38.1 Å². The summed E-state index contributed by atoms with van der Waals surface area (Å²) in [5.41, 5.74) is 0. The third kappa shape index (κ3) is 4.80. The lowest BCUT2D eigenvalue weighted by Gasteiger charge is -2.35. The Morgan fingerprint density at radius 3 is 2.86 bits per heavy atom.